The molecule has 2 unspecified atom stereocenters. The molecule has 1 heterocycles. The number of nitrogens with zero attached hydrogens (tertiary/aromatic N) is 2. The molecule has 2 rings (SSSR count). The van der Waals surface area contributed by atoms with Crippen LogP contribution in [0.2, 0.25) is 0 Å². The van der Waals surface area contributed by atoms with Crippen LogP contribution in [0, 0.1) is 0 Å². The van der Waals surface area contributed by atoms with Crippen molar-refractivity contribution in [2.75, 3.05) is 20.1 Å². The lowest BCUT2D eigenvalue weighted by Gasteiger charge is -2.42. The number of carbonyl (C=O) groups excluding carboxylic acids is 1. The number of piperazine rings is 1. The Kier molecular flexibility index (Phi) is 4.10. The molecule has 19 heavy (non-hydrogen) atoms. The van der Waals surface area contributed by atoms with Gasteiger partial charge in [0, 0.05) is 30.7 Å². The number of rotatable bonds is 2. The molecule has 0 spiro atoms. The van der Waals surface area contributed by atoms with Crippen LogP contribution in [-0.4, -0.2) is 53.0 Å². The fourth-order valence-electron chi connectivity index (χ4n) is 2.54. The molecule has 1 aliphatic heterocycles. The summed E-state index contributed by atoms with van der Waals surface area (Å²) >= 11 is 0. The van der Waals surface area contributed by atoms with Crippen molar-refractivity contribution in [3.8, 4) is 5.75 Å². The van der Waals surface area contributed by atoms with Gasteiger partial charge in [-0.2, -0.15) is 0 Å². The Morgan fingerprint density at radius 2 is 1.84 bits per heavy atom. The van der Waals surface area contributed by atoms with E-state index in [0.29, 0.717) is 17.6 Å². The van der Waals surface area contributed by atoms with Crippen LogP contribution in [0.4, 0.5) is 0 Å². The Morgan fingerprint density at radius 1 is 1.26 bits per heavy atom. The predicted octanol–water partition coefficient (Wildman–Crippen LogP) is 1.49. The zero-order valence-electron chi connectivity index (χ0n) is 11.8. The van der Waals surface area contributed by atoms with E-state index in [2.05, 4.69) is 25.8 Å². The summed E-state index contributed by atoms with van der Waals surface area (Å²) in [6.45, 7) is 5.78. The van der Waals surface area contributed by atoms with Gasteiger partial charge in [0.1, 0.15) is 5.75 Å². The normalized spacial score (nSPS) is 24.5. The summed E-state index contributed by atoms with van der Waals surface area (Å²) < 4.78 is 0. The lowest BCUT2D eigenvalue weighted by Crippen LogP contribution is -2.56. The summed E-state index contributed by atoms with van der Waals surface area (Å²) in [6, 6.07) is 7.78. The van der Waals surface area contributed by atoms with Crippen LogP contribution < -0.4 is 0 Å². The van der Waals surface area contributed by atoms with Gasteiger partial charge >= 0.3 is 0 Å². The molecule has 0 aliphatic carbocycles. The first-order chi connectivity index (χ1) is 8.99. The molecule has 0 aromatic heterocycles. The topological polar surface area (TPSA) is 43.8 Å². The maximum Gasteiger partial charge on any atom is 0.227 e. The predicted molar refractivity (Wildman–Crippen MR) is 75.1 cm³/mol. The van der Waals surface area contributed by atoms with Gasteiger partial charge in [0.05, 0.1) is 6.42 Å². The van der Waals surface area contributed by atoms with E-state index in [0.717, 1.165) is 13.1 Å². The third-order valence-corrected chi connectivity index (χ3v) is 4.05. The number of phenolic OH excluding ortho intramolecular Hbond substituents is 1. The quantitative estimate of drug-likeness (QED) is 0.878. The summed E-state index contributed by atoms with van der Waals surface area (Å²) in [5.41, 5.74) is 0.701. The first-order valence-electron chi connectivity index (χ1n) is 6.75. The van der Waals surface area contributed by atoms with Crippen molar-refractivity contribution in [2.45, 2.75) is 32.4 Å². The molecule has 1 amide bonds. The van der Waals surface area contributed by atoms with Crippen LogP contribution >= 0.6 is 0 Å². The van der Waals surface area contributed by atoms with Crippen molar-refractivity contribution in [1.82, 2.24) is 9.80 Å². The van der Waals surface area contributed by atoms with E-state index in [1.54, 1.807) is 18.2 Å². The second-order valence-electron chi connectivity index (χ2n) is 5.47. The molecule has 4 heteroatoms. The van der Waals surface area contributed by atoms with E-state index in [9.17, 15) is 9.90 Å². The van der Waals surface area contributed by atoms with Crippen molar-refractivity contribution < 1.29 is 9.90 Å². The molecular weight excluding hydrogens is 240 g/mol. The highest BCUT2D eigenvalue weighted by atomic mass is 16.3. The lowest BCUT2D eigenvalue weighted by atomic mass is 10.1. The van der Waals surface area contributed by atoms with Gasteiger partial charge in [0.15, 0.2) is 0 Å². The average molecular weight is 262 g/mol. The standard InChI is InChI=1S/C15H22N2O2/c1-11-9-17(10-12(2)16(11)3)15(19)8-13-6-4-5-7-14(13)18/h4-7,11-12,18H,8-10H2,1-3H3. The molecule has 2 atom stereocenters. The van der Waals surface area contributed by atoms with Crippen molar-refractivity contribution in [1.29, 1.82) is 0 Å². The zero-order valence-corrected chi connectivity index (χ0v) is 11.8. The lowest BCUT2D eigenvalue weighted by molar-refractivity contribution is -0.134. The molecule has 1 aromatic carbocycles. The Labute approximate surface area is 114 Å². The van der Waals surface area contributed by atoms with E-state index in [1.807, 2.05) is 11.0 Å². The number of benzene rings is 1. The molecular formula is C15H22N2O2. The van der Waals surface area contributed by atoms with Crippen LogP contribution in [0.3, 0.4) is 0 Å². The number of carbonyl (C=O) groups is 1. The molecule has 104 valence electrons. The average Bonchev–Trinajstić information content (AvgIpc) is 2.38. The SMILES string of the molecule is CC1CN(C(=O)Cc2ccccc2O)CC(C)N1C. The van der Waals surface area contributed by atoms with Gasteiger partial charge in [-0.1, -0.05) is 18.2 Å². The van der Waals surface area contributed by atoms with E-state index >= 15 is 0 Å². The number of aromatic hydroxyl groups is 1. The van der Waals surface area contributed by atoms with Crippen molar-refractivity contribution in [2.24, 2.45) is 0 Å². The number of likely N-dealkylation sites (N-methyl/N-ethyl adjacent to an activating group) is 1. The van der Waals surface area contributed by atoms with Gasteiger partial charge in [-0.05, 0) is 27.0 Å². The summed E-state index contributed by atoms with van der Waals surface area (Å²) in [5.74, 6) is 0.291. The van der Waals surface area contributed by atoms with Gasteiger partial charge in [-0.15, -0.1) is 0 Å². The molecule has 1 saturated heterocycles. The maximum atomic E-state index is 12.3. The molecule has 1 N–H and O–H groups in total. The molecule has 0 saturated carbocycles. The largest absolute Gasteiger partial charge is 0.508 e. The highest BCUT2D eigenvalue weighted by Gasteiger charge is 2.29. The van der Waals surface area contributed by atoms with Crippen molar-refractivity contribution >= 4 is 5.91 Å². The van der Waals surface area contributed by atoms with Crippen LogP contribution in [0.25, 0.3) is 0 Å². The van der Waals surface area contributed by atoms with Crippen LogP contribution in [0.1, 0.15) is 19.4 Å². The Morgan fingerprint density at radius 3 is 2.42 bits per heavy atom. The minimum Gasteiger partial charge on any atom is -0.508 e. The summed E-state index contributed by atoms with van der Waals surface area (Å²) in [5, 5.41) is 9.72. The van der Waals surface area contributed by atoms with E-state index in [4.69, 9.17) is 0 Å². The fraction of sp³-hybridized carbons (Fsp3) is 0.533. The monoisotopic (exact) mass is 262 g/mol. The van der Waals surface area contributed by atoms with E-state index in [1.165, 1.54) is 0 Å². The summed E-state index contributed by atoms with van der Waals surface area (Å²) in [7, 11) is 2.10. The molecule has 1 aliphatic rings. The number of hydrogen-bond donors (Lipinski definition) is 1. The molecule has 4 nitrogen and oxygen atoms in total. The van der Waals surface area contributed by atoms with Crippen LogP contribution in [0.5, 0.6) is 5.75 Å². The molecule has 0 radical (unpaired) electrons. The molecule has 1 fully saturated rings. The summed E-state index contributed by atoms with van der Waals surface area (Å²) in [4.78, 5) is 16.5. The zero-order chi connectivity index (χ0) is 14.0. The minimum absolute atomic E-state index is 0.0910. The number of amides is 1. The molecule has 0 bridgehead atoms. The van der Waals surface area contributed by atoms with E-state index in [-0.39, 0.29) is 18.1 Å². The number of para-hydroxylation sites is 1. The third kappa shape index (κ3) is 3.07. The smallest absolute Gasteiger partial charge is 0.227 e. The van der Waals surface area contributed by atoms with Crippen LogP contribution in [-0.2, 0) is 11.2 Å². The first kappa shape index (κ1) is 13.9. The number of hydrogen-bond acceptors (Lipinski definition) is 3. The van der Waals surface area contributed by atoms with Gasteiger partial charge in [0.25, 0.3) is 0 Å². The van der Waals surface area contributed by atoms with Crippen LogP contribution in [0.15, 0.2) is 24.3 Å². The highest BCUT2D eigenvalue weighted by Crippen LogP contribution is 2.19. The van der Waals surface area contributed by atoms with Gasteiger partial charge in [-0.3, -0.25) is 9.69 Å². The van der Waals surface area contributed by atoms with E-state index < -0.39 is 0 Å². The Hall–Kier alpha value is -1.55. The number of phenols is 1. The van der Waals surface area contributed by atoms with Gasteiger partial charge < -0.3 is 10.0 Å². The van der Waals surface area contributed by atoms with Crippen molar-refractivity contribution in [3.05, 3.63) is 29.8 Å². The van der Waals surface area contributed by atoms with Crippen molar-refractivity contribution in [3.63, 3.8) is 0 Å². The Bertz CT molecular complexity index is 449. The molecule has 1 aromatic rings. The summed E-state index contributed by atoms with van der Waals surface area (Å²) in [6.07, 6.45) is 0.274. The first-order valence-corrected chi connectivity index (χ1v) is 6.75. The Balaban J connectivity index is 2.03. The minimum atomic E-state index is 0.0910. The van der Waals surface area contributed by atoms with Gasteiger partial charge in [0.2, 0.25) is 5.91 Å². The van der Waals surface area contributed by atoms with Gasteiger partial charge in [-0.25, -0.2) is 0 Å². The maximum absolute atomic E-state index is 12.3. The highest BCUT2D eigenvalue weighted by molar-refractivity contribution is 5.79. The third-order valence-electron chi connectivity index (χ3n) is 4.05. The second-order valence-corrected chi connectivity index (χ2v) is 5.47. The fourth-order valence-corrected chi connectivity index (χ4v) is 2.54. The second kappa shape index (κ2) is 5.61.